The van der Waals surface area contributed by atoms with Gasteiger partial charge in [-0.2, -0.15) is 0 Å². The van der Waals surface area contributed by atoms with Gasteiger partial charge >= 0.3 is 33.6 Å². The van der Waals surface area contributed by atoms with Crippen LogP contribution in [0.15, 0.2) is 122 Å². The maximum absolute atomic E-state index is 12.9. The molecule has 0 spiro atoms. The molecular formula is C87H152O16P2. The Morgan fingerprint density at radius 2 is 0.505 bits per heavy atom. The number of carbonyl (C=O) groups is 3. The molecule has 0 bridgehead atoms. The number of aliphatic hydroxyl groups is 2. The molecule has 0 aliphatic carbocycles. The lowest BCUT2D eigenvalue weighted by molar-refractivity contribution is -0.161. The highest BCUT2D eigenvalue weighted by molar-refractivity contribution is 7.47. The highest BCUT2D eigenvalue weighted by Crippen LogP contribution is 2.45. The van der Waals surface area contributed by atoms with Crippen LogP contribution in [0.3, 0.4) is 0 Å². The van der Waals surface area contributed by atoms with Gasteiger partial charge in [0.25, 0.3) is 0 Å². The second kappa shape index (κ2) is 79.5. The van der Waals surface area contributed by atoms with Crippen LogP contribution in [0.5, 0.6) is 0 Å². The van der Waals surface area contributed by atoms with Gasteiger partial charge in [-0.15, -0.1) is 0 Å². The van der Waals surface area contributed by atoms with Gasteiger partial charge in [-0.05, 0) is 109 Å². The van der Waals surface area contributed by atoms with Crippen LogP contribution in [0.4, 0.5) is 0 Å². The molecule has 16 nitrogen and oxygen atoms in total. The van der Waals surface area contributed by atoms with Crippen molar-refractivity contribution in [2.45, 2.75) is 373 Å². The first-order valence-electron chi connectivity index (χ1n) is 41.8. The lowest BCUT2D eigenvalue weighted by Gasteiger charge is -2.21. The molecule has 4 N–H and O–H groups in total. The molecule has 0 saturated carbocycles. The normalized spacial score (nSPS) is 14.5. The smallest absolute Gasteiger partial charge is 0.463 e. The third-order valence-corrected chi connectivity index (χ3v) is 19.6. The van der Waals surface area contributed by atoms with E-state index in [2.05, 4.69) is 142 Å². The zero-order chi connectivity index (χ0) is 76.6. The Hall–Kier alpha value is -4.05. The van der Waals surface area contributed by atoms with Crippen LogP contribution in [0, 0.1) is 0 Å². The Morgan fingerprint density at radius 3 is 0.800 bits per heavy atom. The first-order valence-corrected chi connectivity index (χ1v) is 44.8. The van der Waals surface area contributed by atoms with Crippen LogP contribution in [-0.4, -0.2) is 95.9 Å². The summed E-state index contributed by atoms with van der Waals surface area (Å²) in [6.45, 7) is 2.48. The van der Waals surface area contributed by atoms with Gasteiger partial charge in [-0.25, -0.2) is 9.13 Å². The monoisotopic (exact) mass is 1520 g/mol. The van der Waals surface area contributed by atoms with E-state index in [0.717, 1.165) is 141 Å². The lowest BCUT2D eigenvalue weighted by atomic mass is 10.0. The minimum absolute atomic E-state index is 0.105. The average molecular weight is 1520 g/mol. The van der Waals surface area contributed by atoms with E-state index >= 15 is 0 Å². The second-order valence-corrected chi connectivity index (χ2v) is 30.8. The topological polar surface area (TPSA) is 231 Å². The van der Waals surface area contributed by atoms with Gasteiger partial charge in [0, 0.05) is 19.3 Å². The molecule has 606 valence electrons. The molecule has 0 aliphatic heterocycles. The highest BCUT2D eigenvalue weighted by Gasteiger charge is 2.29. The summed E-state index contributed by atoms with van der Waals surface area (Å²) in [5.74, 6) is -1.57. The largest absolute Gasteiger partial charge is 0.472 e. The van der Waals surface area contributed by atoms with E-state index in [1.54, 1.807) is 0 Å². The summed E-state index contributed by atoms with van der Waals surface area (Å²) in [6, 6.07) is 0. The maximum Gasteiger partial charge on any atom is 0.472 e. The molecular weight excluding hydrogens is 1360 g/mol. The van der Waals surface area contributed by atoms with Crippen LogP contribution in [0.1, 0.15) is 355 Å². The Bertz CT molecular complexity index is 2390. The summed E-state index contributed by atoms with van der Waals surface area (Å²) in [6.07, 6.45) is 95.6. The summed E-state index contributed by atoms with van der Waals surface area (Å²) in [4.78, 5) is 58.6. The van der Waals surface area contributed by atoms with Crippen molar-refractivity contribution in [2.24, 2.45) is 0 Å². The summed E-state index contributed by atoms with van der Waals surface area (Å²) in [5, 5.41) is 20.6. The molecule has 5 atom stereocenters. The summed E-state index contributed by atoms with van der Waals surface area (Å²) in [7, 11) is -9.78. The maximum atomic E-state index is 12.9. The fraction of sp³-hybridized carbons (Fsp3) is 0.736. The molecule has 0 aromatic rings. The number of esters is 3. The molecule has 0 aromatic carbocycles. The Labute approximate surface area is 640 Å². The number of carbonyl (C=O) groups excluding carboxylic acids is 3. The number of rotatable bonds is 79. The van der Waals surface area contributed by atoms with E-state index in [4.69, 9.17) is 32.3 Å². The fourth-order valence-electron chi connectivity index (χ4n) is 11.4. The zero-order valence-electron chi connectivity index (χ0n) is 66.4. The minimum atomic E-state index is -4.93. The van der Waals surface area contributed by atoms with Crippen LogP contribution in [0.2, 0.25) is 0 Å². The summed E-state index contributed by atoms with van der Waals surface area (Å²) < 4.78 is 61.2. The number of aliphatic hydroxyl groups excluding tert-OH is 2. The molecule has 18 heteroatoms. The molecule has 105 heavy (non-hydrogen) atoms. The van der Waals surface area contributed by atoms with Gasteiger partial charge in [0.05, 0.1) is 26.4 Å². The minimum Gasteiger partial charge on any atom is -0.463 e. The van der Waals surface area contributed by atoms with Crippen molar-refractivity contribution in [2.75, 3.05) is 39.6 Å². The average Bonchev–Trinajstić information content (AvgIpc) is 0.933. The number of phosphoric ester groups is 2. The number of unbranched alkanes of at least 4 members (excludes halogenated alkanes) is 36. The molecule has 0 radical (unpaired) electrons. The second-order valence-electron chi connectivity index (χ2n) is 27.9. The first-order chi connectivity index (χ1) is 51.2. The van der Waals surface area contributed by atoms with Gasteiger partial charge < -0.3 is 34.2 Å². The first kappa shape index (κ1) is 101. The SMILES string of the molecule is CC/C=C\C/C=C\C/C=C\C/C=C\C/C=C\CCCCCCCCCCCCCCCCCCCC(=O)OCC(O)COP(=O)(O)OCC(O)COP(=O)(O)OCC(COC(=O)CCCCCCCCCCC/C=C\C/C=C\C/C=C\C/C=C\C/C=C\CC)OC(=O)CCCCCCCCCCCCC. The van der Waals surface area contributed by atoms with Crippen molar-refractivity contribution in [3.8, 4) is 0 Å². The van der Waals surface area contributed by atoms with Crippen molar-refractivity contribution < 1.29 is 75.8 Å². The van der Waals surface area contributed by atoms with E-state index in [1.807, 2.05) is 0 Å². The number of allylic oxidation sites excluding steroid dienone is 20. The Morgan fingerprint density at radius 1 is 0.276 bits per heavy atom. The molecule has 5 unspecified atom stereocenters. The molecule has 0 saturated heterocycles. The van der Waals surface area contributed by atoms with Crippen molar-refractivity contribution in [3.63, 3.8) is 0 Å². The third kappa shape index (κ3) is 80.8. The highest BCUT2D eigenvalue weighted by atomic mass is 31.2. The Kier molecular flexibility index (Phi) is 76.4. The number of ether oxygens (including phenoxy) is 3. The molecule has 0 fully saturated rings. The fourth-order valence-corrected chi connectivity index (χ4v) is 13.0. The van der Waals surface area contributed by atoms with E-state index in [-0.39, 0.29) is 19.3 Å². The van der Waals surface area contributed by atoms with E-state index in [0.29, 0.717) is 19.3 Å². The van der Waals surface area contributed by atoms with Crippen LogP contribution in [-0.2, 0) is 55.8 Å². The predicted octanol–water partition coefficient (Wildman–Crippen LogP) is 24.9. The van der Waals surface area contributed by atoms with E-state index in [1.165, 1.54) is 154 Å². The quantitative estimate of drug-likeness (QED) is 0.0146. The van der Waals surface area contributed by atoms with Crippen molar-refractivity contribution in [3.05, 3.63) is 122 Å². The van der Waals surface area contributed by atoms with E-state index < -0.39 is 91.5 Å². The van der Waals surface area contributed by atoms with Gasteiger partial charge in [-0.1, -0.05) is 348 Å². The summed E-state index contributed by atoms with van der Waals surface area (Å²) >= 11 is 0. The van der Waals surface area contributed by atoms with Crippen molar-refractivity contribution >= 4 is 33.6 Å². The van der Waals surface area contributed by atoms with Gasteiger partial charge in [0.2, 0.25) is 0 Å². The molecule has 0 rings (SSSR count). The molecule has 0 aromatic heterocycles. The van der Waals surface area contributed by atoms with Crippen molar-refractivity contribution in [1.29, 1.82) is 0 Å². The Balaban J connectivity index is 4.37. The van der Waals surface area contributed by atoms with Crippen molar-refractivity contribution in [1.82, 2.24) is 0 Å². The zero-order valence-corrected chi connectivity index (χ0v) is 68.2. The standard InChI is InChI=1S/C87H152O16P2/c1-4-7-10-13-16-19-22-24-26-28-30-32-34-36-37-38-39-40-41-42-43-45-47-48-50-52-54-56-59-61-64-67-70-73-85(90)97-76-82(88)77-99-104(93,94)100-78-83(89)79-101-105(95,96)102-81-84(103-87(92)75-72-69-66-63-58-21-18-15-12-9-6-3)80-98-86(91)74-71-68-65-62-60-57-55-53-51-49-46-44-35-33-31-29-27-25-23-20-17-14-11-8-5-2/h7-8,10-11,16-17,19-20,24-27,30-33,36-37,44,46,82-84,88-89H,4-6,9,12-15,18,21-23,28-29,34-35,38-43,45,47-81H2,1-3H3,(H,93,94)(H,95,96)/b10-7-,11-8-,19-16-,20-17-,26-24-,27-25-,32-30-,33-31-,37-36-,46-44-. The lowest BCUT2D eigenvalue weighted by Crippen LogP contribution is -2.30. The third-order valence-electron chi connectivity index (χ3n) is 17.7. The number of hydrogen-bond acceptors (Lipinski definition) is 14. The van der Waals surface area contributed by atoms with Gasteiger partial charge in [0.15, 0.2) is 6.10 Å². The summed E-state index contributed by atoms with van der Waals surface area (Å²) in [5.41, 5.74) is 0. The molecule has 0 amide bonds. The number of hydrogen-bond donors (Lipinski definition) is 4. The van der Waals surface area contributed by atoms with Crippen LogP contribution in [0.25, 0.3) is 0 Å². The predicted molar refractivity (Wildman–Crippen MR) is 436 cm³/mol. The van der Waals surface area contributed by atoms with Crippen LogP contribution < -0.4 is 0 Å². The van der Waals surface area contributed by atoms with E-state index in [9.17, 15) is 43.5 Å². The number of phosphoric acid groups is 2. The van der Waals surface area contributed by atoms with Crippen LogP contribution >= 0.6 is 15.6 Å². The molecule has 0 aliphatic rings. The van der Waals surface area contributed by atoms with Gasteiger partial charge in [-0.3, -0.25) is 32.5 Å². The molecule has 0 heterocycles. The van der Waals surface area contributed by atoms with Gasteiger partial charge in [0.1, 0.15) is 25.4 Å².